The number of carbonyl (C=O) groups excluding carboxylic acids is 1. The number of anilines is 1. The monoisotopic (exact) mass is 349 g/mol. The van der Waals surface area contributed by atoms with E-state index in [9.17, 15) is 9.59 Å². The number of nitrogens with one attached hydrogen (secondary N) is 1. The molecule has 26 heavy (non-hydrogen) atoms. The molecule has 0 radical (unpaired) electrons. The highest BCUT2D eigenvalue weighted by molar-refractivity contribution is 6.05. The summed E-state index contributed by atoms with van der Waals surface area (Å²) in [5, 5.41) is 7.08. The zero-order chi connectivity index (χ0) is 18.7. The van der Waals surface area contributed by atoms with E-state index >= 15 is 0 Å². The molecule has 0 aliphatic heterocycles. The quantitative estimate of drug-likeness (QED) is 0.785. The summed E-state index contributed by atoms with van der Waals surface area (Å²) in [7, 11) is 1.40. The highest BCUT2D eigenvalue weighted by atomic mass is 16.5. The average molecular weight is 349 g/mol. The van der Waals surface area contributed by atoms with Gasteiger partial charge in [0.25, 0.3) is 11.5 Å². The fourth-order valence-electron chi connectivity index (χ4n) is 2.62. The summed E-state index contributed by atoms with van der Waals surface area (Å²) in [4.78, 5) is 25.2. The molecule has 0 atom stereocenters. The maximum Gasteiger partial charge on any atom is 0.280 e. The highest BCUT2D eigenvalue weighted by Crippen LogP contribution is 2.19. The van der Waals surface area contributed by atoms with Crippen molar-refractivity contribution in [3.63, 3.8) is 0 Å². The molecule has 6 nitrogen and oxygen atoms in total. The summed E-state index contributed by atoms with van der Waals surface area (Å²) in [5.41, 5.74) is 2.76. The van der Waals surface area contributed by atoms with Gasteiger partial charge in [-0.2, -0.15) is 9.78 Å². The SMILES string of the molecule is COc1cc(=O)n(-c2ccccc2C)nc1C(=O)Nc1ccccc1C. The van der Waals surface area contributed by atoms with Crippen molar-refractivity contribution in [3.8, 4) is 11.4 Å². The third kappa shape index (κ3) is 3.35. The van der Waals surface area contributed by atoms with Crippen LogP contribution in [0, 0.1) is 13.8 Å². The Morgan fingerprint density at radius 3 is 2.35 bits per heavy atom. The Labute approximate surface area is 151 Å². The number of aromatic nitrogens is 2. The standard InChI is InChI=1S/C20H19N3O3/c1-13-8-4-6-10-15(13)21-20(25)19-17(26-3)12-18(24)23(22-19)16-11-7-5-9-14(16)2/h4-12H,1-3H3,(H,21,25). The number of benzene rings is 2. The van der Waals surface area contributed by atoms with E-state index in [1.54, 1.807) is 12.1 Å². The number of ether oxygens (including phenoxy) is 1. The molecular formula is C20H19N3O3. The van der Waals surface area contributed by atoms with Crippen LogP contribution in [0.1, 0.15) is 21.6 Å². The fourth-order valence-corrected chi connectivity index (χ4v) is 2.62. The first-order valence-electron chi connectivity index (χ1n) is 8.12. The van der Waals surface area contributed by atoms with E-state index in [0.717, 1.165) is 11.1 Å². The van der Waals surface area contributed by atoms with Crippen molar-refractivity contribution in [1.29, 1.82) is 0 Å². The van der Waals surface area contributed by atoms with E-state index in [0.29, 0.717) is 11.4 Å². The Morgan fingerprint density at radius 2 is 1.69 bits per heavy atom. The second-order valence-corrected chi connectivity index (χ2v) is 5.87. The van der Waals surface area contributed by atoms with Gasteiger partial charge in [-0.05, 0) is 37.1 Å². The molecule has 2 aromatic carbocycles. The molecule has 1 N–H and O–H groups in total. The Hall–Kier alpha value is -3.41. The van der Waals surface area contributed by atoms with Crippen LogP contribution in [0.15, 0.2) is 59.4 Å². The Morgan fingerprint density at radius 1 is 1.04 bits per heavy atom. The van der Waals surface area contributed by atoms with Crippen molar-refractivity contribution >= 4 is 11.6 Å². The molecule has 132 valence electrons. The van der Waals surface area contributed by atoms with Crippen molar-refractivity contribution in [2.75, 3.05) is 12.4 Å². The van der Waals surface area contributed by atoms with Gasteiger partial charge in [-0.3, -0.25) is 9.59 Å². The summed E-state index contributed by atoms with van der Waals surface area (Å²) in [5.74, 6) is -0.315. The molecule has 0 unspecified atom stereocenters. The number of carbonyl (C=O) groups is 1. The molecule has 0 spiro atoms. The number of para-hydroxylation sites is 2. The topological polar surface area (TPSA) is 73.2 Å². The minimum absolute atomic E-state index is 0.0404. The van der Waals surface area contributed by atoms with Gasteiger partial charge in [0.05, 0.1) is 18.9 Å². The van der Waals surface area contributed by atoms with E-state index in [2.05, 4.69) is 10.4 Å². The largest absolute Gasteiger partial charge is 0.494 e. The third-order valence-electron chi connectivity index (χ3n) is 4.07. The van der Waals surface area contributed by atoms with Gasteiger partial charge in [-0.1, -0.05) is 36.4 Å². The molecule has 0 bridgehead atoms. The second kappa shape index (κ2) is 7.23. The van der Waals surface area contributed by atoms with Crippen LogP contribution in [-0.2, 0) is 0 Å². The number of hydrogen-bond acceptors (Lipinski definition) is 4. The Kier molecular flexibility index (Phi) is 4.84. The molecule has 0 fully saturated rings. The van der Waals surface area contributed by atoms with Crippen molar-refractivity contribution in [3.05, 3.63) is 81.8 Å². The molecule has 1 aromatic heterocycles. The summed E-state index contributed by atoms with van der Waals surface area (Å²) >= 11 is 0. The van der Waals surface area contributed by atoms with Gasteiger partial charge in [0.1, 0.15) is 0 Å². The molecule has 1 heterocycles. The first-order valence-corrected chi connectivity index (χ1v) is 8.12. The normalized spacial score (nSPS) is 10.4. The maximum atomic E-state index is 12.8. The van der Waals surface area contributed by atoms with Crippen LogP contribution >= 0.6 is 0 Å². The van der Waals surface area contributed by atoms with Crippen LogP contribution in [0.2, 0.25) is 0 Å². The number of methoxy groups -OCH3 is 1. The molecular weight excluding hydrogens is 330 g/mol. The van der Waals surface area contributed by atoms with Crippen LogP contribution in [0.25, 0.3) is 5.69 Å². The molecule has 0 aliphatic carbocycles. The van der Waals surface area contributed by atoms with E-state index in [1.165, 1.54) is 17.9 Å². The van der Waals surface area contributed by atoms with Gasteiger partial charge >= 0.3 is 0 Å². The van der Waals surface area contributed by atoms with Crippen LogP contribution in [0.5, 0.6) is 5.75 Å². The Bertz CT molecular complexity index is 1020. The van der Waals surface area contributed by atoms with E-state index in [1.807, 2.05) is 50.2 Å². The lowest BCUT2D eigenvalue weighted by Crippen LogP contribution is -2.26. The van der Waals surface area contributed by atoms with E-state index in [4.69, 9.17) is 4.74 Å². The van der Waals surface area contributed by atoms with Crippen LogP contribution in [-0.4, -0.2) is 22.8 Å². The highest BCUT2D eigenvalue weighted by Gasteiger charge is 2.19. The zero-order valence-corrected chi connectivity index (χ0v) is 14.8. The molecule has 1 amide bonds. The van der Waals surface area contributed by atoms with Crippen molar-refractivity contribution in [2.45, 2.75) is 13.8 Å². The predicted octanol–water partition coefficient (Wildman–Crippen LogP) is 3.11. The summed E-state index contributed by atoms with van der Waals surface area (Å²) in [6.45, 7) is 3.77. The lowest BCUT2D eigenvalue weighted by Gasteiger charge is -2.13. The molecule has 3 aromatic rings. The Balaban J connectivity index is 2.07. The summed E-state index contributed by atoms with van der Waals surface area (Å²) < 4.78 is 6.41. The number of rotatable bonds is 4. The first kappa shape index (κ1) is 17.4. The second-order valence-electron chi connectivity index (χ2n) is 5.87. The predicted molar refractivity (Wildman–Crippen MR) is 100 cm³/mol. The van der Waals surface area contributed by atoms with Crippen LogP contribution in [0.3, 0.4) is 0 Å². The average Bonchev–Trinajstić information content (AvgIpc) is 2.64. The van der Waals surface area contributed by atoms with Gasteiger partial charge in [-0.15, -0.1) is 0 Å². The fraction of sp³-hybridized carbons (Fsp3) is 0.150. The van der Waals surface area contributed by atoms with Crippen LogP contribution in [0.4, 0.5) is 5.69 Å². The van der Waals surface area contributed by atoms with Gasteiger partial charge < -0.3 is 10.1 Å². The molecule has 0 aliphatic rings. The summed E-state index contributed by atoms with van der Waals surface area (Å²) in [6, 6.07) is 16.0. The summed E-state index contributed by atoms with van der Waals surface area (Å²) in [6.07, 6.45) is 0. The van der Waals surface area contributed by atoms with Crippen molar-refractivity contribution < 1.29 is 9.53 Å². The minimum Gasteiger partial charge on any atom is -0.494 e. The number of aryl methyl sites for hydroxylation is 2. The lowest BCUT2D eigenvalue weighted by molar-refractivity contribution is 0.101. The van der Waals surface area contributed by atoms with Gasteiger partial charge in [0, 0.05) is 5.69 Å². The smallest absolute Gasteiger partial charge is 0.280 e. The molecule has 0 saturated heterocycles. The maximum absolute atomic E-state index is 12.8. The zero-order valence-electron chi connectivity index (χ0n) is 14.8. The van der Waals surface area contributed by atoms with Crippen molar-refractivity contribution in [1.82, 2.24) is 9.78 Å². The minimum atomic E-state index is -0.446. The lowest BCUT2D eigenvalue weighted by atomic mass is 10.2. The van der Waals surface area contributed by atoms with Gasteiger partial charge in [0.2, 0.25) is 0 Å². The van der Waals surface area contributed by atoms with E-state index in [-0.39, 0.29) is 17.0 Å². The first-order chi connectivity index (χ1) is 12.5. The third-order valence-corrected chi connectivity index (χ3v) is 4.07. The molecule has 6 heteroatoms. The molecule has 3 rings (SSSR count). The van der Waals surface area contributed by atoms with E-state index < -0.39 is 5.91 Å². The van der Waals surface area contributed by atoms with Gasteiger partial charge in [-0.25, -0.2) is 0 Å². The number of nitrogens with zero attached hydrogens (tertiary/aromatic N) is 2. The van der Waals surface area contributed by atoms with Gasteiger partial charge in [0.15, 0.2) is 11.4 Å². The molecule has 0 saturated carbocycles. The van der Waals surface area contributed by atoms with Crippen LogP contribution < -0.4 is 15.6 Å². The number of hydrogen-bond donors (Lipinski definition) is 1. The van der Waals surface area contributed by atoms with Crippen molar-refractivity contribution in [2.24, 2.45) is 0 Å². The number of amides is 1.